The van der Waals surface area contributed by atoms with Crippen molar-refractivity contribution in [3.63, 3.8) is 0 Å². The van der Waals surface area contributed by atoms with Crippen molar-refractivity contribution in [2.24, 2.45) is 0 Å². The van der Waals surface area contributed by atoms with Gasteiger partial charge in [0, 0.05) is 17.7 Å². The van der Waals surface area contributed by atoms with Crippen molar-refractivity contribution >= 4 is 12.0 Å². The van der Waals surface area contributed by atoms with Crippen LogP contribution in [0.4, 0.5) is 17.6 Å². The van der Waals surface area contributed by atoms with Crippen LogP contribution < -0.4 is 4.74 Å². The van der Waals surface area contributed by atoms with Crippen LogP contribution in [0.3, 0.4) is 0 Å². The number of benzene rings is 1. The first-order chi connectivity index (χ1) is 7.90. The van der Waals surface area contributed by atoms with E-state index >= 15 is 0 Å². The molecule has 1 rings (SSSR count). The summed E-state index contributed by atoms with van der Waals surface area (Å²) in [7, 11) is 0. The van der Waals surface area contributed by atoms with Crippen LogP contribution in [0, 0.1) is 11.6 Å². The Morgan fingerprint density at radius 1 is 1.35 bits per heavy atom. The Balaban J connectivity index is 3.14. The van der Waals surface area contributed by atoms with Crippen LogP contribution in [0.25, 0.3) is 6.08 Å². The standard InChI is InChI=1S/C10H6F4O3/c11-6-3-5(1-2-8(15)16)9(12)7(4-6)17-10(13)14/h1-4,10H,(H,15,16)/b2-1+. The molecule has 0 amide bonds. The Labute approximate surface area is 92.9 Å². The number of ether oxygens (including phenoxy) is 1. The fraction of sp³-hybridized carbons (Fsp3) is 0.100. The molecule has 17 heavy (non-hydrogen) atoms. The lowest BCUT2D eigenvalue weighted by Gasteiger charge is -2.07. The molecule has 0 aromatic heterocycles. The van der Waals surface area contributed by atoms with Crippen molar-refractivity contribution in [2.75, 3.05) is 0 Å². The summed E-state index contributed by atoms with van der Waals surface area (Å²) < 4.78 is 53.8. The third-order valence-electron chi connectivity index (χ3n) is 1.65. The quantitative estimate of drug-likeness (QED) is 0.660. The molecule has 0 unspecified atom stereocenters. The number of alkyl halides is 2. The number of rotatable bonds is 4. The minimum atomic E-state index is -3.30. The van der Waals surface area contributed by atoms with E-state index in [2.05, 4.69) is 4.74 Å². The van der Waals surface area contributed by atoms with Crippen LogP contribution in [0.1, 0.15) is 5.56 Å². The van der Waals surface area contributed by atoms with Crippen molar-refractivity contribution in [3.05, 3.63) is 35.4 Å². The van der Waals surface area contributed by atoms with Crippen LogP contribution >= 0.6 is 0 Å². The molecule has 0 heterocycles. The maximum Gasteiger partial charge on any atom is 0.387 e. The summed E-state index contributed by atoms with van der Waals surface area (Å²) in [6, 6.07) is 1.10. The van der Waals surface area contributed by atoms with Crippen molar-refractivity contribution in [2.45, 2.75) is 6.61 Å². The van der Waals surface area contributed by atoms with Crippen LogP contribution in [0.15, 0.2) is 18.2 Å². The van der Waals surface area contributed by atoms with Gasteiger partial charge in [-0.2, -0.15) is 8.78 Å². The monoisotopic (exact) mass is 250 g/mol. The van der Waals surface area contributed by atoms with Crippen LogP contribution in [0.5, 0.6) is 5.75 Å². The summed E-state index contributed by atoms with van der Waals surface area (Å²) in [5, 5.41) is 8.30. The van der Waals surface area contributed by atoms with Crippen molar-refractivity contribution in [1.82, 2.24) is 0 Å². The topological polar surface area (TPSA) is 46.5 Å². The zero-order valence-corrected chi connectivity index (χ0v) is 8.16. The first-order valence-corrected chi connectivity index (χ1v) is 4.25. The van der Waals surface area contributed by atoms with Crippen LogP contribution in [0.2, 0.25) is 0 Å². The average molecular weight is 250 g/mol. The van der Waals surface area contributed by atoms with E-state index in [0.29, 0.717) is 18.2 Å². The van der Waals surface area contributed by atoms with Gasteiger partial charge in [-0.15, -0.1) is 0 Å². The van der Waals surface area contributed by atoms with Gasteiger partial charge in [-0.1, -0.05) is 0 Å². The molecule has 92 valence electrons. The van der Waals surface area contributed by atoms with Gasteiger partial charge >= 0.3 is 12.6 Å². The van der Waals surface area contributed by atoms with Crippen LogP contribution in [-0.4, -0.2) is 17.7 Å². The zero-order chi connectivity index (χ0) is 13.0. The summed E-state index contributed by atoms with van der Waals surface area (Å²) in [6.45, 7) is -3.30. The number of carbonyl (C=O) groups is 1. The number of aliphatic carboxylic acids is 1. The smallest absolute Gasteiger partial charge is 0.387 e. The highest BCUT2D eigenvalue weighted by Gasteiger charge is 2.14. The summed E-state index contributed by atoms with van der Waals surface area (Å²) in [5.74, 6) is -4.65. The van der Waals surface area contributed by atoms with Crippen molar-refractivity contribution < 1.29 is 32.2 Å². The predicted molar refractivity (Wildman–Crippen MR) is 49.7 cm³/mol. The lowest BCUT2D eigenvalue weighted by Crippen LogP contribution is -2.05. The Kier molecular flexibility index (Phi) is 4.08. The molecule has 0 fully saturated rings. The molecule has 0 radical (unpaired) electrons. The van der Waals surface area contributed by atoms with E-state index in [1.54, 1.807) is 0 Å². The van der Waals surface area contributed by atoms with Gasteiger partial charge in [0.05, 0.1) is 0 Å². The second kappa shape index (κ2) is 5.33. The second-order valence-corrected chi connectivity index (χ2v) is 2.86. The fourth-order valence-corrected chi connectivity index (χ4v) is 1.05. The number of hydrogen-bond acceptors (Lipinski definition) is 2. The number of carboxylic acids is 1. The van der Waals surface area contributed by atoms with Gasteiger partial charge in [0.2, 0.25) is 0 Å². The summed E-state index contributed by atoms with van der Waals surface area (Å²) in [5.41, 5.74) is -0.497. The molecule has 1 aromatic rings. The maximum atomic E-state index is 13.4. The van der Waals surface area contributed by atoms with E-state index in [1.807, 2.05) is 0 Å². The van der Waals surface area contributed by atoms with Gasteiger partial charge in [-0.3, -0.25) is 0 Å². The molecule has 0 saturated carbocycles. The van der Waals surface area contributed by atoms with Crippen molar-refractivity contribution in [3.8, 4) is 5.75 Å². The molecule has 1 N–H and O–H groups in total. The van der Waals surface area contributed by atoms with Gasteiger partial charge in [-0.05, 0) is 12.1 Å². The van der Waals surface area contributed by atoms with Gasteiger partial charge in [0.15, 0.2) is 11.6 Å². The molecular weight excluding hydrogens is 244 g/mol. The number of carboxylic acid groups (broad SMARTS) is 1. The van der Waals surface area contributed by atoms with E-state index in [0.717, 1.165) is 6.08 Å². The summed E-state index contributed by atoms with van der Waals surface area (Å²) in [6.07, 6.45) is 1.28. The molecule has 0 saturated heterocycles. The van der Waals surface area contributed by atoms with Gasteiger partial charge in [0.25, 0.3) is 0 Å². The summed E-state index contributed by atoms with van der Waals surface area (Å²) >= 11 is 0. The Morgan fingerprint density at radius 2 is 2.00 bits per heavy atom. The first kappa shape index (κ1) is 13.0. The highest BCUT2D eigenvalue weighted by molar-refractivity contribution is 5.85. The number of hydrogen-bond donors (Lipinski definition) is 1. The fourth-order valence-electron chi connectivity index (χ4n) is 1.05. The minimum Gasteiger partial charge on any atom is -0.478 e. The Hall–Kier alpha value is -2.05. The normalized spacial score (nSPS) is 11.1. The van der Waals surface area contributed by atoms with E-state index in [1.165, 1.54) is 0 Å². The van der Waals surface area contributed by atoms with Crippen molar-refractivity contribution in [1.29, 1.82) is 0 Å². The largest absolute Gasteiger partial charge is 0.478 e. The third-order valence-corrected chi connectivity index (χ3v) is 1.65. The molecule has 7 heteroatoms. The van der Waals surface area contributed by atoms with Crippen LogP contribution in [-0.2, 0) is 4.79 Å². The summed E-state index contributed by atoms with van der Waals surface area (Å²) in [4.78, 5) is 10.2. The highest BCUT2D eigenvalue weighted by atomic mass is 19.3. The molecule has 3 nitrogen and oxygen atoms in total. The lowest BCUT2D eigenvalue weighted by atomic mass is 10.1. The van der Waals surface area contributed by atoms with E-state index in [9.17, 15) is 22.4 Å². The molecule has 1 aromatic carbocycles. The Morgan fingerprint density at radius 3 is 2.53 bits per heavy atom. The van der Waals surface area contributed by atoms with E-state index < -0.39 is 35.5 Å². The van der Waals surface area contributed by atoms with E-state index in [-0.39, 0.29) is 0 Å². The molecule has 0 spiro atoms. The molecule has 0 atom stereocenters. The molecule has 0 bridgehead atoms. The number of halogens is 4. The highest BCUT2D eigenvalue weighted by Crippen LogP contribution is 2.25. The van der Waals surface area contributed by atoms with Gasteiger partial charge in [0.1, 0.15) is 5.82 Å². The minimum absolute atomic E-state index is 0.444. The Bertz CT molecular complexity index is 457. The zero-order valence-electron chi connectivity index (χ0n) is 8.16. The molecular formula is C10H6F4O3. The third kappa shape index (κ3) is 3.78. The second-order valence-electron chi connectivity index (χ2n) is 2.86. The average Bonchev–Trinajstić information content (AvgIpc) is 2.19. The predicted octanol–water partition coefficient (Wildman–Crippen LogP) is 2.66. The van der Waals surface area contributed by atoms with E-state index in [4.69, 9.17) is 5.11 Å². The maximum absolute atomic E-state index is 13.4. The molecule has 0 aliphatic rings. The van der Waals surface area contributed by atoms with Gasteiger partial charge in [-0.25, -0.2) is 13.6 Å². The lowest BCUT2D eigenvalue weighted by molar-refractivity contribution is -0.131. The van der Waals surface area contributed by atoms with Gasteiger partial charge < -0.3 is 9.84 Å². The molecule has 0 aliphatic carbocycles. The first-order valence-electron chi connectivity index (χ1n) is 4.25. The molecule has 0 aliphatic heterocycles. The SMILES string of the molecule is O=C(O)/C=C/c1cc(F)cc(OC(F)F)c1F.